The second-order valence-electron chi connectivity index (χ2n) is 7.72. The molecule has 134 valence electrons. The molecule has 2 aliphatic rings. The quantitative estimate of drug-likeness (QED) is 0.310. The lowest BCUT2D eigenvalue weighted by molar-refractivity contribution is 1.38. The van der Waals surface area contributed by atoms with Crippen LogP contribution in [0.4, 0.5) is 0 Å². The Kier molecular flexibility index (Phi) is 3.32. The zero-order valence-corrected chi connectivity index (χ0v) is 17.2. The van der Waals surface area contributed by atoms with Gasteiger partial charge in [0, 0.05) is 19.6 Å². The van der Waals surface area contributed by atoms with Crippen molar-refractivity contribution in [3.8, 4) is 0 Å². The largest absolute Gasteiger partial charge is 0.247 e. The average molecular weight is 402 g/mol. The molecule has 5 aromatic carbocycles. The minimum atomic E-state index is 0.308. The molecule has 0 N–H and O–H groups in total. The number of fused-ring (bicyclic) bond motifs is 8. The lowest BCUT2D eigenvalue weighted by Gasteiger charge is -2.34. The SMILES string of the molecule is c1ccc2c(c1)Sc1cc3ccccc3c3c1B2c1ccc2ccccc2c1S3. The highest BCUT2D eigenvalue weighted by atomic mass is 32.2. The smallest absolute Gasteiger partial charge is 0.0911 e. The van der Waals surface area contributed by atoms with Crippen molar-refractivity contribution in [2.75, 3.05) is 0 Å². The Bertz CT molecular complexity index is 1470. The first-order chi connectivity index (χ1) is 14.4. The van der Waals surface area contributed by atoms with E-state index in [0.29, 0.717) is 6.71 Å². The zero-order valence-electron chi connectivity index (χ0n) is 15.6. The second-order valence-corrected chi connectivity index (χ2v) is 9.82. The molecule has 7 rings (SSSR count). The molecular weight excluding hydrogens is 387 g/mol. The summed E-state index contributed by atoms with van der Waals surface area (Å²) in [7, 11) is 0. The topological polar surface area (TPSA) is 0 Å². The molecule has 0 saturated carbocycles. The second kappa shape index (κ2) is 5.95. The zero-order chi connectivity index (χ0) is 18.9. The molecule has 0 unspecified atom stereocenters. The molecule has 0 nitrogen and oxygen atoms in total. The highest BCUT2D eigenvalue weighted by molar-refractivity contribution is 8.01. The van der Waals surface area contributed by atoms with Crippen LogP contribution in [-0.4, -0.2) is 6.71 Å². The van der Waals surface area contributed by atoms with Crippen molar-refractivity contribution in [1.29, 1.82) is 0 Å². The molecular formula is C26H15BS2. The first kappa shape index (κ1) is 16.2. The number of hydrogen-bond donors (Lipinski definition) is 0. The van der Waals surface area contributed by atoms with E-state index in [0.717, 1.165) is 0 Å². The molecule has 0 fully saturated rings. The maximum atomic E-state index is 2.40. The van der Waals surface area contributed by atoms with Crippen molar-refractivity contribution in [2.24, 2.45) is 0 Å². The standard InChI is InChI=1S/C26H15BS2/c1-3-9-18-16(7-1)13-14-21-25(18)29-26-19-10-4-2-8-17(19)15-23-24(26)27(21)20-11-5-6-12-22(20)28-23/h1-15H. The highest BCUT2D eigenvalue weighted by Crippen LogP contribution is 2.43. The highest BCUT2D eigenvalue weighted by Gasteiger charge is 2.39. The van der Waals surface area contributed by atoms with Gasteiger partial charge in [0.1, 0.15) is 0 Å². The molecule has 2 aliphatic heterocycles. The van der Waals surface area contributed by atoms with E-state index in [-0.39, 0.29) is 0 Å². The lowest BCUT2D eigenvalue weighted by Crippen LogP contribution is -2.58. The first-order valence-corrected chi connectivity index (χ1v) is 11.5. The van der Waals surface area contributed by atoms with E-state index in [1.54, 1.807) is 0 Å². The summed E-state index contributed by atoms with van der Waals surface area (Å²) >= 11 is 3.90. The van der Waals surface area contributed by atoms with Crippen LogP contribution in [0.1, 0.15) is 0 Å². The van der Waals surface area contributed by atoms with E-state index >= 15 is 0 Å². The molecule has 29 heavy (non-hydrogen) atoms. The third-order valence-corrected chi connectivity index (χ3v) is 8.62. The van der Waals surface area contributed by atoms with Gasteiger partial charge in [0.2, 0.25) is 6.71 Å². The Morgan fingerprint density at radius 1 is 0.517 bits per heavy atom. The van der Waals surface area contributed by atoms with Crippen LogP contribution >= 0.6 is 23.5 Å². The molecule has 0 amide bonds. The van der Waals surface area contributed by atoms with Crippen LogP contribution in [0.25, 0.3) is 21.5 Å². The summed E-state index contributed by atoms with van der Waals surface area (Å²) in [5.41, 5.74) is 4.39. The van der Waals surface area contributed by atoms with Gasteiger partial charge in [-0.1, -0.05) is 113 Å². The van der Waals surface area contributed by atoms with Crippen LogP contribution in [0.3, 0.4) is 0 Å². The Morgan fingerprint density at radius 3 is 2.14 bits per heavy atom. The maximum absolute atomic E-state index is 2.40. The van der Waals surface area contributed by atoms with Gasteiger partial charge in [-0.15, -0.1) is 0 Å². The third-order valence-electron chi connectivity index (χ3n) is 6.17. The van der Waals surface area contributed by atoms with Crippen LogP contribution in [0, 0.1) is 0 Å². The van der Waals surface area contributed by atoms with Crippen molar-refractivity contribution < 1.29 is 0 Å². The van der Waals surface area contributed by atoms with Crippen molar-refractivity contribution in [3.63, 3.8) is 0 Å². The summed E-state index contributed by atoms with van der Waals surface area (Å²) < 4.78 is 0. The van der Waals surface area contributed by atoms with E-state index in [1.165, 1.54) is 57.5 Å². The molecule has 2 heterocycles. The fourth-order valence-corrected chi connectivity index (χ4v) is 7.59. The number of benzene rings is 5. The molecule has 0 aliphatic carbocycles. The van der Waals surface area contributed by atoms with Crippen molar-refractivity contribution in [3.05, 3.63) is 91.0 Å². The van der Waals surface area contributed by atoms with Gasteiger partial charge in [0.25, 0.3) is 0 Å². The fraction of sp³-hybridized carbons (Fsp3) is 0. The molecule has 0 radical (unpaired) electrons. The van der Waals surface area contributed by atoms with Gasteiger partial charge < -0.3 is 0 Å². The van der Waals surface area contributed by atoms with Gasteiger partial charge in [0.15, 0.2) is 0 Å². The van der Waals surface area contributed by atoms with Crippen molar-refractivity contribution in [1.82, 2.24) is 0 Å². The van der Waals surface area contributed by atoms with Gasteiger partial charge in [-0.05, 0) is 39.1 Å². The molecule has 0 bridgehead atoms. The van der Waals surface area contributed by atoms with Crippen LogP contribution < -0.4 is 16.4 Å². The van der Waals surface area contributed by atoms with Gasteiger partial charge >= 0.3 is 0 Å². The number of rotatable bonds is 0. The molecule has 0 atom stereocenters. The van der Waals surface area contributed by atoms with E-state index < -0.39 is 0 Å². The lowest BCUT2D eigenvalue weighted by atomic mass is 9.36. The van der Waals surface area contributed by atoms with Crippen LogP contribution in [-0.2, 0) is 0 Å². The van der Waals surface area contributed by atoms with Crippen molar-refractivity contribution >= 4 is 68.2 Å². The monoisotopic (exact) mass is 402 g/mol. The first-order valence-electron chi connectivity index (χ1n) is 9.90. The summed E-state index contributed by atoms with van der Waals surface area (Å²) in [6.45, 7) is 0.308. The molecule has 0 spiro atoms. The number of hydrogen-bond acceptors (Lipinski definition) is 2. The normalized spacial score (nSPS) is 13.9. The Balaban J connectivity index is 1.65. The molecule has 5 aromatic rings. The van der Waals surface area contributed by atoms with Crippen LogP contribution in [0.15, 0.2) is 111 Å². The van der Waals surface area contributed by atoms with Gasteiger partial charge in [-0.25, -0.2) is 0 Å². The van der Waals surface area contributed by atoms with E-state index in [4.69, 9.17) is 0 Å². The van der Waals surface area contributed by atoms with Crippen molar-refractivity contribution in [2.45, 2.75) is 19.6 Å². The average Bonchev–Trinajstić information content (AvgIpc) is 2.78. The van der Waals surface area contributed by atoms with E-state index in [1.807, 2.05) is 23.5 Å². The predicted octanol–water partition coefficient (Wildman–Crippen LogP) is 5.44. The summed E-state index contributed by atoms with van der Waals surface area (Å²) in [6.07, 6.45) is 0. The Labute approximate surface area is 178 Å². The molecule has 3 heteroatoms. The predicted molar refractivity (Wildman–Crippen MR) is 127 cm³/mol. The van der Waals surface area contributed by atoms with Gasteiger partial charge in [-0.3, -0.25) is 0 Å². The van der Waals surface area contributed by atoms with Crippen LogP contribution in [0.2, 0.25) is 0 Å². The summed E-state index contributed by atoms with van der Waals surface area (Å²) in [5, 5.41) is 5.40. The third kappa shape index (κ3) is 2.20. The molecule has 0 aromatic heterocycles. The summed E-state index contributed by atoms with van der Waals surface area (Å²) in [4.78, 5) is 5.66. The van der Waals surface area contributed by atoms with Gasteiger partial charge in [0.05, 0.1) is 0 Å². The molecule has 0 saturated heterocycles. The minimum Gasteiger partial charge on any atom is -0.0911 e. The summed E-state index contributed by atoms with van der Waals surface area (Å²) in [6, 6.07) is 33.7. The maximum Gasteiger partial charge on any atom is 0.247 e. The van der Waals surface area contributed by atoms with Crippen LogP contribution in [0.5, 0.6) is 0 Å². The van der Waals surface area contributed by atoms with Gasteiger partial charge in [-0.2, -0.15) is 0 Å². The summed E-state index contributed by atoms with van der Waals surface area (Å²) in [5.74, 6) is 0. The Hall–Kier alpha value is -2.62. The minimum absolute atomic E-state index is 0.308. The van der Waals surface area contributed by atoms with E-state index in [2.05, 4.69) is 91.0 Å². The fourth-order valence-electron chi connectivity index (χ4n) is 4.89. The van der Waals surface area contributed by atoms with E-state index in [9.17, 15) is 0 Å². The Morgan fingerprint density at radius 2 is 1.24 bits per heavy atom.